The van der Waals surface area contributed by atoms with Crippen molar-refractivity contribution in [3.05, 3.63) is 75.4 Å². The van der Waals surface area contributed by atoms with E-state index in [9.17, 15) is 4.79 Å². The molecule has 0 bridgehead atoms. The van der Waals surface area contributed by atoms with Gasteiger partial charge in [-0.2, -0.15) is 0 Å². The molecule has 0 saturated carbocycles. The first-order valence-electron chi connectivity index (χ1n) is 7.66. The Hall–Kier alpha value is -2.36. The molecule has 3 aromatic rings. The maximum absolute atomic E-state index is 12.2. The van der Waals surface area contributed by atoms with Crippen LogP contribution < -0.4 is 4.74 Å². The third-order valence-corrected chi connectivity index (χ3v) is 4.26. The molecule has 1 heterocycles. The monoisotopic (exact) mass is 371 g/mol. The molecule has 0 fully saturated rings. The SMILES string of the molecule is Cc1ccc(/C=C/C(=O)Oc2c(Cl)cc(Cl)c3ccc(C)nc23)cc1. The molecule has 1 aromatic heterocycles. The lowest BCUT2D eigenvalue weighted by molar-refractivity contribution is -0.128. The summed E-state index contributed by atoms with van der Waals surface area (Å²) in [6.45, 7) is 3.85. The normalized spacial score (nSPS) is 11.2. The molecule has 0 unspecified atom stereocenters. The largest absolute Gasteiger partial charge is 0.419 e. The van der Waals surface area contributed by atoms with E-state index in [1.54, 1.807) is 12.1 Å². The quantitative estimate of drug-likeness (QED) is 0.333. The Morgan fingerprint density at radius 3 is 2.48 bits per heavy atom. The number of carbonyl (C=O) groups excluding carboxylic acids is 1. The van der Waals surface area contributed by atoms with Crippen LogP contribution in [0.3, 0.4) is 0 Å². The summed E-state index contributed by atoms with van der Waals surface area (Å²) in [5.74, 6) is -0.322. The summed E-state index contributed by atoms with van der Waals surface area (Å²) in [5, 5.41) is 1.39. The van der Waals surface area contributed by atoms with E-state index in [-0.39, 0.29) is 10.8 Å². The average molecular weight is 372 g/mol. The summed E-state index contributed by atoms with van der Waals surface area (Å²) in [6.07, 6.45) is 3.05. The van der Waals surface area contributed by atoms with Crippen LogP contribution in [-0.4, -0.2) is 11.0 Å². The van der Waals surface area contributed by atoms with Gasteiger partial charge in [0.1, 0.15) is 5.52 Å². The average Bonchev–Trinajstić information content (AvgIpc) is 2.58. The molecule has 3 nitrogen and oxygen atoms in total. The molecule has 0 N–H and O–H groups in total. The number of halogens is 2. The van der Waals surface area contributed by atoms with E-state index in [2.05, 4.69) is 4.98 Å². The number of rotatable bonds is 3. The number of benzene rings is 2. The summed E-state index contributed by atoms with van der Waals surface area (Å²) >= 11 is 12.4. The molecule has 0 aliphatic heterocycles. The highest BCUT2D eigenvalue weighted by molar-refractivity contribution is 6.39. The molecule has 0 aliphatic rings. The second kappa shape index (κ2) is 7.26. The Morgan fingerprint density at radius 1 is 1.04 bits per heavy atom. The van der Waals surface area contributed by atoms with E-state index >= 15 is 0 Å². The fourth-order valence-electron chi connectivity index (χ4n) is 2.36. The summed E-state index contributed by atoms with van der Waals surface area (Å²) in [4.78, 5) is 16.6. The topological polar surface area (TPSA) is 39.2 Å². The van der Waals surface area contributed by atoms with Gasteiger partial charge in [0.05, 0.1) is 10.0 Å². The van der Waals surface area contributed by atoms with Gasteiger partial charge >= 0.3 is 5.97 Å². The van der Waals surface area contributed by atoms with Crippen molar-refractivity contribution in [2.24, 2.45) is 0 Å². The number of carbonyl (C=O) groups is 1. The number of nitrogens with zero attached hydrogens (tertiary/aromatic N) is 1. The van der Waals surface area contributed by atoms with Gasteiger partial charge in [0.25, 0.3) is 0 Å². The minimum Gasteiger partial charge on any atom is -0.419 e. The molecule has 0 aliphatic carbocycles. The Bertz CT molecular complexity index is 979. The predicted molar refractivity (Wildman–Crippen MR) is 102 cm³/mol. The van der Waals surface area contributed by atoms with Gasteiger partial charge in [-0.3, -0.25) is 0 Å². The van der Waals surface area contributed by atoms with Gasteiger partial charge < -0.3 is 4.74 Å². The van der Waals surface area contributed by atoms with E-state index < -0.39 is 5.97 Å². The van der Waals surface area contributed by atoms with Crippen molar-refractivity contribution in [2.75, 3.05) is 0 Å². The summed E-state index contributed by atoms with van der Waals surface area (Å²) in [5.41, 5.74) is 3.30. The molecule has 25 heavy (non-hydrogen) atoms. The molecular formula is C20H15Cl2NO2. The minimum absolute atomic E-state index is 0.211. The number of aryl methyl sites for hydroxylation is 2. The Labute approximate surface area is 155 Å². The van der Waals surface area contributed by atoms with Crippen molar-refractivity contribution in [1.82, 2.24) is 4.98 Å². The summed E-state index contributed by atoms with van der Waals surface area (Å²) < 4.78 is 5.44. The second-order valence-corrected chi connectivity index (χ2v) is 6.50. The molecule has 3 rings (SSSR count). The van der Waals surface area contributed by atoms with Gasteiger partial charge in [-0.05, 0) is 43.7 Å². The number of fused-ring (bicyclic) bond motifs is 1. The number of pyridine rings is 1. The van der Waals surface area contributed by atoms with Gasteiger partial charge in [0.2, 0.25) is 0 Å². The third kappa shape index (κ3) is 4.01. The third-order valence-electron chi connectivity index (χ3n) is 3.67. The van der Waals surface area contributed by atoms with Crippen molar-refractivity contribution in [2.45, 2.75) is 13.8 Å². The number of ether oxygens (including phenoxy) is 1. The van der Waals surface area contributed by atoms with Gasteiger partial charge in [-0.15, -0.1) is 0 Å². The van der Waals surface area contributed by atoms with E-state index in [4.69, 9.17) is 27.9 Å². The summed E-state index contributed by atoms with van der Waals surface area (Å²) in [7, 11) is 0. The van der Waals surface area contributed by atoms with Crippen LogP contribution in [0.5, 0.6) is 5.75 Å². The lowest BCUT2D eigenvalue weighted by atomic mass is 10.1. The van der Waals surface area contributed by atoms with Gasteiger partial charge in [-0.1, -0.05) is 53.0 Å². The van der Waals surface area contributed by atoms with Crippen LogP contribution in [-0.2, 0) is 4.79 Å². The van der Waals surface area contributed by atoms with Gasteiger partial charge in [-0.25, -0.2) is 9.78 Å². The molecule has 0 amide bonds. The first-order chi connectivity index (χ1) is 11.9. The lowest BCUT2D eigenvalue weighted by Gasteiger charge is -2.10. The summed E-state index contributed by atoms with van der Waals surface area (Å²) in [6, 6.07) is 13.0. The molecule has 5 heteroatoms. The standard InChI is InChI=1S/C20H15Cl2NO2/c1-12-3-6-14(7-4-12)8-10-18(24)25-20-17(22)11-16(21)15-9-5-13(2)23-19(15)20/h3-11H,1-2H3/b10-8+. The van der Waals surface area contributed by atoms with E-state index in [0.29, 0.717) is 15.9 Å². The lowest BCUT2D eigenvalue weighted by Crippen LogP contribution is -2.05. The van der Waals surface area contributed by atoms with Crippen LogP contribution in [0.2, 0.25) is 10.0 Å². The molecule has 2 aromatic carbocycles. The van der Waals surface area contributed by atoms with Crippen molar-refractivity contribution >= 4 is 46.2 Å². The zero-order valence-electron chi connectivity index (χ0n) is 13.7. The van der Waals surface area contributed by atoms with Crippen molar-refractivity contribution in [3.8, 4) is 5.75 Å². The van der Waals surface area contributed by atoms with Gasteiger partial charge in [0, 0.05) is 17.2 Å². The van der Waals surface area contributed by atoms with Crippen LogP contribution in [0.1, 0.15) is 16.8 Å². The first kappa shape index (κ1) is 17.5. The number of hydrogen-bond donors (Lipinski definition) is 0. The zero-order valence-corrected chi connectivity index (χ0v) is 15.2. The molecular weight excluding hydrogens is 357 g/mol. The molecule has 0 spiro atoms. The highest BCUT2D eigenvalue weighted by atomic mass is 35.5. The number of esters is 1. The van der Waals surface area contributed by atoms with Crippen LogP contribution in [0.4, 0.5) is 0 Å². The molecule has 126 valence electrons. The number of hydrogen-bond acceptors (Lipinski definition) is 3. The highest BCUT2D eigenvalue weighted by Crippen LogP contribution is 2.37. The second-order valence-electron chi connectivity index (χ2n) is 5.68. The highest BCUT2D eigenvalue weighted by Gasteiger charge is 2.15. The molecule has 0 saturated heterocycles. The Kier molecular flexibility index (Phi) is 5.07. The number of aromatic nitrogens is 1. The van der Waals surface area contributed by atoms with Crippen molar-refractivity contribution in [3.63, 3.8) is 0 Å². The van der Waals surface area contributed by atoms with Crippen LogP contribution >= 0.6 is 23.2 Å². The fourth-order valence-corrected chi connectivity index (χ4v) is 2.92. The van der Waals surface area contributed by atoms with Crippen LogP contribution in [0.25, 0.3) is 17.0 Å². The fraction of sp³-hybridized carbons (Fsp3) is 0.100. The Morgan fingerprint density at radius 2 is 1.76 bits per heavy atom. The zero-order chi connectivity index (χ0) is 18.0. The van der Waals surface area contributed by atoms with Crippen molar-refractivity contribution in [1.29, 1.82) is 0 Å². The van der Waals surface area contributed by atoms with E-state index in [0.717, 1.165) is 16.8 Å². The van der Waals surface area contributed by atoms with Crippen LogP contribution in [0, 0.1) is 13.8 Å². The predicted octanol–water partition coefficient (Wildman–Crippen LogP) is 5.78. The maximum atomic E-state index is 12.2. The van der Waals surface area contributed by atoms with E-state index in [1.165, 1.54) is 6.08 Å². The molecule has 0 radical (unpaired) electrons. The smallest absolute Gasteiger partial charge is 0.336 e. The molecule has 0 atom stereocenters. The van der Waals surface area contributed by atoms with Gasteiger partial charge in [0.15, 0.2) is 5.75 Å². The Balaban J connectivity index is 1.90. The maximum Gasteiger partial charge on any atom is 0.336 e. The first-order valence-corrected chi connectivity index (χ1v) is 8.41. The minimum atomic E-state index is -0.533. The van der Waals surface area contributed by atoms with Crippen molar-refractivity contribution < 1.29 is 9.53 Å². The van der Waals surface area contributed by atoms with Crippen LogP contribution in [0.15, 0.2) is 48.5 Å². The van der Waals surface area contributed by atoms with E-state index in [1.807, 2.05) is 50.2 Å².